The molecule has 0 unspecified atom stereocenters. The highest BCUT2D eigenvalue weighted by Crippen LogP contribution is 2.36. The van der Waals surface area contributed by atoms with E-state index in [-0.39, 0.29) is 36.0 Å². The molecule has 4 rings (SSSR count). The summed E-state index contributed by atoms with van der Waals surface area (Å²) in [6.07, 6.45) is 2.09. The lowest BCUT2D eigenvalue weighted by atomic mass is 9.86. The number of nitrogens with one attached hydrogen (secondary N) is 2. The number of nitrogens with zero attached hydrogens (tertiary/aromatic N) is 3. The van der Waals surface area contributed by atoms with Crippen LogP contribution in [0.5, 0.6) is 0 Å². The molecule has 2 aliphatic carbocycles. The molecule has 5 nitrogen and oxygen atoms in total. The molecule has 2 aromatic rings. The van der Waals surface area contributed by atoms with Crippen LogP contribution in [0.15, 0.2) is 30.6 Å². The van der Waals surface area contributed by atoms with Gasteiger partial charge in [0.25, 0.3) is 5.92 Å². The van der Waals surface area contributed by atoms with Crippen molar-refractivity contribution in [1.29, 1.82) is 0 Å². The Kier molecular flexibility index (Phi) is 8.77. The van der Waals surface area contributed by atoms with Gasteiger partial charge in [-0.2, -0.15) is 17.6 Å². The molecule has 2 fully saturated rings. The minimum Gasteiger partial charge on any atom is -0.367 e. The zero-order chi connectivity index (χ0) is 26.6. The summed E-state index contributed by atoms with van der Waals surface area (Å²) < 4.78 is 83.2. The molecule has 0 bridgehead atoms. The van der Waals surface area contributed by atoms with Gasteiger partial charge >= 0.3 is 6.18 Å². The number of halogens is 6. The Labute approximate surface area is 217 Å². The van der Waals surface area contributed by atoms with Gasteiger partial charge in [-0.15, -0.1) is 0 Å². The summed E-state index contributed by atoms with van der Waals surface area (Å²) >= 11 is 1.06. The Hall–Kier alpha value is -2.21. The number of alkyl halides is 5. The fraction of sp³-hybridized carbons (Fsp3) is 0.600. The summed E-state index contributed by atoms with van der Waals surface area (Å²) in [6, 6.07) is 5.15. The maximum Gasteiger partial charge on any atom is 0.416 e. The van der Waals surface area contributed by atoms with E-state index in [4.69, 9.17) is 0 Å². The molecule has 37 heavy (non-hydrogen) atoms. The van der Waals surface area contributed by atoms with Crippen LogP contribution in [0.1, 0.15) is 56.6 Å². The van der Waals surface area contributed by atoms with Gasteiger partial charge in [-0.1, -0.05) is 24.1 Å². The van der Waals surface area contributed by atoms with E-state index >= 15 is 4.39 Å². The first kappa shape index (κ1) is 27.8. The van der Waals surface area contributed by atoms with Gasteiger partial charge in [0.1, 0.15) is 6.33 Å². The van der Waals surface area contributed by atoms with Crippen LogP contribution in [0.25, 0.3) is 0 Å². The van der Waals surface area contributed by atoms with Gasteiger partial charge in [0.2, 0.25) is 5.82 Å². The van der Waals surface area contributed by atoms with Crippen molar-refractivity contribution in [3.05, 3.63) is 47.5 Å². The predicted octanol–water partition coefficient (Wildman–Crippen LogP) is 6.67. The molecule has 0 amide bonds. The van der Waals surface area contributed by atoms with E-state index in [0.717, 1.165) is 69.5 Å². The topological polar surface area (TPSA) is 53.1 Å². The van der Waals surface area contributed by atoms with E-state index in [1.807, 2.05) is 0 Å². The maximum absolute atomic E-state index is 15.4. The van der Waals surface area contributed by atoms with Crippen LogP contribution in [0.4, 0.5) is 38.0 Å². The molecule has 0 spiro atoms. The normalized spacial score (nSPS) is 20.6. The summed E-state index contributed by atoms with van der Waals surface area (Å²) in [5.74, 6) is -3.00. The van der Waals surface area contributed by atoms with Crippen molar-refractivity contribution in [2.45, 2.75) is 76.2 Å². The Balaban J connectivity index is 1.32. The molecular formula is C25H31F6N5S. The second-order valence-electron chi connectivity index (χ2n) is 9.99. The fourth-order valence-electron chi connectivity index (χ4n) is 4.45. The second-order valence-corrected chi connectivity index (χ2v) is 10.8. The fourth-order valence-corrected chi connectivity index (χ4v) is 5.26. The Bertz CT molecular complexity index is 1020. The Morgan fingerprint density at radius 2 is 1.65 bits per heavy atom. The molecule has 2 N–H and O–H groups in total. The molecule has 2 saturated carbocycles. The van der Waals surface area contributed by atoms with Crippen molar-refractivity contribution in [1.82, 2.24) is 14.7 Å². The third-order valence-electron chi connectivity index (χ3n) is 6.65. The van der Waals surface area contributed by atoms with E-state index in [9.17, 15) is 22.0 Å². The summed E-state index contributed by atoms with van der Waals surface area (Å²) in [6.45, 7) is 1.68. The molecule has 0 atom stereocenters. The van der Waals surface area contributed by atoms with Gasteiger partial charge in [-0.3, -0.25) is 4.72 Å². The minimum absolute atomic E-state index is 0.0767. The van der Waals surface area contributed by atoms with Crippen molar-refractivity contribution >= 4 is 23.6 Å². The van der Waals surface area contributed by atoms with E-state index in [1.54, 1.807) is 4.90 Å². The van der Waals surface area contributed by atoms with Gasteiger partial charge < -0.3 is 10.2 Å². The minimum atomic E-state index is -4.41. The smallest absolute Gasteiger partial charge is 0.367 e. The number of anilines is 2. The lowest BCUT2D eigenvalue weighted by Crippen LogP contribution is -2.32. The largest absolute Gasteiger partial charge is 0.416 e. The Morgan fingerprint density at radius 1 is 0.973 bits per heavy atom. The van der Waals surface area contributed by atoms with Crippen molar-refractivity contribution in [3.63, 3.8) is 0 Å². The van der Waals surface area contributed by atoms with Crippen molar-refractivity contribution < 1.29 is 26.3 Å². The average Bonchev–Trinajstić information content (AvgIpc) is 3.67. The molecule has 1 aromatic carbocycles. The van der Waals surface area contributed by atoms with Crippen molar-refractivity contribution in [2.75, 3.05) is 22.5 Å². The second kappa shape index (κ2) is 11.7. The summed E-state index contributed by atoms with van der Waals surface area (Å²) in [4.78, 5) is 10.0. The predicted molar refractivity (Wildman–Crippen MR) is 133 cm³/mol. The summed E-state index contributed by atoms with van der Waals surface area (Å²) in [7, 11) is 0. The number of benzene rings is 1. The molecule has 204 valence electrons. The highest BCUT2D eigenvalue weighted by molar-refractivity contribution is 7.97. The first-order chi connectivity index (χ1) is 17.5. The Morgan fingerprint density at radius 3 is 2.24 bits per heavy atom. The van der Waals surface area contributed by atoms with Crippen LogP contribution in [-0.4, -0.2) is 40.3 Å². The van der Waals surface area contributed by atoms with Gasteiger partial charge in [0, 0.05) is 32.1 Å². The van der Waals surface area contributed by atoms with Gasteiger partial charge in [0.15, 0.2) is 11.6 Å². The SMILES string of the molecule is CC(F)(F)CSNC1CCC(CNc2ncnc(N(Cc3ccc(C(F)(F)F)cc3)C3CC3)c2F)CC1. The van der Waals surface area contributed by atoms with Crippen LogP contribution in [-0.2, 0) is 12.7 Å². The van der Waals surface area contributed by atoms with E-state index in [1.165, 1.54) is 18.5 Å². The van der Waals surface area contributed by atoms with E-state index < -0.39 is 23.5 Å². The van der Waals surface area contributed by atoms with Crippen LogP contribution >= 0.6 is 11.9 Å². The van der Waals surface area contributed by atoms with Gasteiger partial charge in [0.05, 0.1) is 11.3 Å². The number of aromatic nitrogens is 2. The first-order valence-electron chi connectivity index (χ1n) is 12.4. The lowest BCUT2D eigenvalue weighted by Gasteiger charge is -2.29. The van der Waals surface area contributed by atoms with Crippen LogP contribution in [0, 0.1) is 11.7 Å². The standard InChI is InChI=1S/C25H31F6N5S/c1-24(27,28)14-37-35-19-8-4-16(5-9-19)12-32-22-21(26)23(34-15-33-22)36(20-10-11-20)13-17-2-6-18(7-3-17)25(29,30)31/h2-3,6-7,15-16,19-20,35H,4-5,8-14H2,1H3,(H,32,33,34). The lowest BCUT2D eigenvalue weighted by molar-refractivity contribution is -0.137. The molecule has 1 aromatic heterocycles. The van der Waals surface area contributed by atoms with Gasteiger partial charge in [-0.25, -0.2) is 18.7 Å². The monoisotopic (exact) mass is 547 g/mol. The van der Waals surface area contributed by atoms with E-state index in [0.29, 0.717) is 18.0 Å². The molecule has 0 radical (unpaired) electrons. The van der Waals surface area contributed by atoms with Crippen LogP contribution in [0.2, 0.25) is 0 Å². The highest BCUT2D eigenvalue weighted by atomic mass is 32.2. The molecule has 0 saturated heterocycles. The van der Waals surface area contributed by atoms with Gasteiger partial charge in [-0.05, 0) is 62.1 Å². The highest BCUT2D eigenvalue weighted by Gasteiger charge is 2.34. The first-order valence-corrected chi connectivity index (χ1v) is 13.4. The van der Waals surface area contributed by atoms with Crippen LogP contribution < -0.4 is 14.9 Å². The quantitative estimate of drug-likeness (QED) is 0.242. The van der Waals surface area contributed by atoms with E-state index in [2.05, 4.69) is 20.0 Å². The number of hydrogen-bond donors (Lipinski definition) is 2. The molecule has 2 aliphatic rings. The zero-order valence-electron chi connectivity index (χ0n) is 20.5. The van der Waals surface area contributed by atoms with Crippen LogP contribution in [0.3, 0.4) is 0 Å². The third kappa shape index (κ3) is 8.13. The number of hydrogen-bond acceptors (Lipinski definition) is 6. The average molecular weight is 548 g/mol. The zero-order valence-corrected chi connectivity index (χ0v) is 21.3. The number of rotatable bonds is 11. The molecule has 12 heteroatoms. The molecule has 1 heterocycles. The summed E-state index contributed by atoms with van der Waals surface area (Å²) in [5.41, 5.74) is -0.0846. The third-order valence-corrected chi connectivity index (χ3v) is 7.80. The maximum atomic E-state index is 15.4. The van der Waals surface area contributed by atoms with Crippen molar-refractivity contribution in [2.24, 2.45) is 5.92 Å². The van der Waals surface area contributed by atoms with Crippen molar-refractivity contribution in [3.8, 4) is 0 Å². The molecular weight excluding hydrogens is 516 g/mol. The summed E-state index contributed by atoms with van der Waals surface area (Å²) in [5, 5.41) is 3.10. The molecule has 0 aliphatic heterocycles.